The van der Waals surface area contributed by atoms with Gasteiger partial charge in [-0.2, -0.15) is 0 Å². The highest BCUT2D eigenvalue weighted by Crippen LogP contribution is 2.16. The summed E-state index contributed by atoms with van der Waals surface area (Å²) in [7, 11) is 0. The highest BCUT2D eigenvalue weighted by molar-refractivity contribution is 6.31. The average molecular weight is 550 g/mol. The van der Waals surface area contributed by atoms with Crippen molar-refractivity contribution in [3.05, 3.63) is 101 Å². The minimum absolute atomic E-state index is 0.0365. The van der Waals surface area contributed by atoms with Crippen molar-refractivity contribution < 1.29 is 33.4 Å². The summed E-state index contributed by atoms with van der Waals surface area (Å²) in [6, 6.07) is 20.9. The molecule has 3 aromatic rings. The van der Waals surface area contributed by atoms with Gasteiger partial charge in [0.15, 0.2) is 12.2 Å². The van der Waals surface area contributed by atoms with Gasteiger partial charge in [-0.25, -0.2) is 4.79 Å². The predicted octanol–water partition coefficient (Wildman–Crippen LogP) is 5.69. The van der Waals surface area contributed by atoms with Gasteiger partial charge in [0.05, 0.1) is 5.56 Å². The van der Waals surface area contributed by atoms with Crippen LogP contribution in [0.5, 0.6) is 0 Å². The molecular weight excluding hydrogens is 522 g/mol. The second kappa shape index (κ2) is 14.0. The van der Waals surface area contributed by atoms with Crippen LogP contribution in [0, 0.1) is 0 Å². The Morgan fingerprint density at radius 2 is 1.33 bits per heavy atom. The summed E-state index contributed by atoms with van der Waals surface area (Å²) in [5.74, 6) is -2.25. The van der Waals surface area contributed by atoms with E-state index in [9.17, 15) is 24.0 Å². The van der Waals surface area contributed by atoms with E-state index >= 15 is 0 Å². The van der Waals surface area contributed by atoms with E-state index in [1.165, 1.54) is 44.2 Å². The second-order valence-corrected chi connectivity index (χ2v) is 9.20. The number of carbonyl (C=O) groups is 5. The molecule has 3 aromatic carbocycles. The van der Waals surface area contributed by atoms with Gasteiger partial charge in [0.2, 0.25) is 17.5 Å². The molecule has 0 aromatic heterocycles. The molecule has 0 radical (unpaired) electrons. The van der Waals surface area contributed by atoms with Crippen LogP contribution in [0.4, 0.5) is 5.69 Å². The number of amides is 1. The Kier molecular flexibility index (Phi) is 10.5. The van der Waals surface area contributed by atoms with Crippen molar-refractivity contribution in [1.29, 1.82) is 0 Å². The van der Waals surface area contributed by atoms with Gasteiger partial charge >= 0.3 is 11.9 Å². The molecule has 9 heteroatoms. The molecule has 39 heavy (non-hydrogen) atoms. The monoisotopic (exact) mass is 549 g/mol. The van der Waals surface area contributed by atoms with Crippen LogP contribution in [-0.4, -0.2) is 41.6 Å². The molecule has 0 unspecified atom stereocenters. The zero-order valence-electron chi connectivity index (χ0n) is 21.5. The van der Waals surface area contributed by atoms with E-state index in [-0.39, 0.29) is 42.3 Å². The number of esters is 2. The molecule has 1 amide bonds. The van der Waals surface area contributed by atoms with Crippen LogP contribution in [0.3, 0.4) is 0 Å². The first-order valence-electron chi connectivity index (χ1n) is 12.3. The number of Topliss-reactive ketones (excluding diaryl/α,β-unsaturated/α-hetero) is 2. The van der Waals surface area contributed by atoms with E-state index in [1.54, 1.807) is 48.5 Å². The fraction of sp³-hybridized carbons (Fsp3) is 0.233. The molecule has 0 bridgehead atoms. The van der Waals surface area contributed by atoms with Crippen molar-refractivity contribution in [3.63, 3.8) is 0 Å². The summed E-state index contributed by atoms with van der Waals surface area (Å²) >= 11 is 5.90. The fourth-order valence-electron chi connectivity index (χ4n) is 3.61. The van der Waals surface area contributed by atoms with Crippen LogP contribution in [0.2, 0.25) is 5.02 Å². The first-order chi connectivity index (χ1) is 18.6. The van der Waals surface area contributed by atoms with Gasteiger partial charge < -0.3 is 14.8 Å². The fourth-order valence-corrected chi connectivity index (χ4v) is 3.80. The van der Waals surface area contributed by atoms with Crippen LogP contribution >= 0.6 is 11.6 Å². The summed E-state index contributed by atoms with van der Waals surface area (Å²) in [5, 5.41) is 3.09. The predicted molar refractivity (Wildman–Crippen MR) is 146 cm³/mol. The lowest BCUT2D eigenvalue weighted by Crippen LogP contribution is -2.24. The summed E-state index contributed by atoms with van der Waals surface area (Å²) < 4.78 is 10.5. The smallest absolute Gasteiger partial charge is 0.338 e. The first kappa shape index (κ1) is 29.3. The van der Waals surface area contributed by atoms with Crippen LogP contribution in [0.15, 0.2) is 78.9 Å². The number of rotatable bonds is 12. The molecular formula is C30H28ClNO7. The van der Waals surface area contributed by atoms with Gasteiger partial charge in [-0.1, -0.05) is 54.1 Å². The Labute approximate surface area is 231 Å². The topological polar surface area (TPSA) is 116 Å². The molecule has 0 aliphatic heterocycles. The van der Waals surface area contributed by atoms with Gasteiger partial charge in [-0.15, -0.1) is 0 Å². The van der Waals surface area contributed by atoms with Gasteiger partial charge in [-0.3, -0.25) is 19.2 Å². The number of ketones is 2. The zero-order valence-corrected chi connectivity index (χ0v) is 22.3. The van der Waals surface area contributed by atoms with E-state index in [1.807, 2.05) is 0 Å². The Balaban J connectivity index is 1.40. The van der Waals surface area contributed by atoms with E-state index in [0.717, 1.165) is 0 Å². The lowest BCUT2D eigenvalue weighted by Gasteiger charge is -2.13. The highest BCUT2D eigenvalue weighted by atomic mass is 35.5. The van der Waals surface area contributed by atoms with Crippen molar-refractivity contribution in [3.8, 4) is 0 Å². The van der Waals surface area contributed by atoms with Crippen molar-refractivity contribution >= 4 is 46.7 Å². The minimum atomic E-state index is -0.977. The summed E-state index contributed by atoms with van der Waals surface area (Å²) in [6.07, 6.45) is -1.70. The highest BCUT2D eigenvalue weighted by Gasteiger charge is 2.21. The molecule has 0 aliphatic carbocycles. The number of nitrogens with one attached hydrogen (secondary N) is 1. The summed E-state index contributed by atoms with van der Waals surface area (Å²) in [4.78, 5) is 61.5. The lowest BCUT2D eigenvalue weighted by molar-refractivity contribution is -0.146. The molecule has 2 atom stereocenters. The van der Waals surface area contributed by atoms with Crippen molar-refractivity contribution in [2.24, 2.45) is 0 Å². The molecule has 0 saturated carbocycles. The normalized spacial score (nSPS) is 12.1. The van der Waals surface area contributed by atoms with Gasteiger partial charge in [-0.05, 0) is 56.7 Å². The second-order valence-electron chi connectivity index (χ2n) is 8.76. The Hall–Kier alpha value is -4.30. The van der Waals surface area contributed by atoms with Crippen molar-refractivity contribution in [2.75, 3.05) is 5.32 Å². The molecule has 0 saturated heterocycles. The number of hydrogen-bond acceptors (Lipinski definition) is 7. The van der Waals surface area contributed by atoms with Gasteiger partial charge in [0.25, 0.3) is 0 Å². The van der Waals surface area contributed by atoms with E-state index < -0.39 is 24.1 Å². The first-order valence-corrected chi connectivity index (χ1v) is 12.7. The molecule has 3 rings (SSSR count). The van der Waals surface area contributed by atoms with Gasteiger partial charge in [0.1, 0.15) is 0 Å². The number of halogens is 1. The van der Waals surface area contributed by atoms with Gasteiger partial charge in [0, 0.05) is 34.7 Å². The maximum absolute atomic E-state index is 12.4. The standard InChI is InChI=1S/C30H28ClNO7/c1-19(29(36)23-10-6-11-24(31)18-23)38-27(34)13-7-12-26(33)32-25-16-14-22(15-17-25)30(37)39-20(2)28(35)21-8-4-3-5-9-21/h3-6,8-11,14-20H,7,12-13H2,1-2H3,(H,32,33)/t19-,20-/m1/s1. The Morgan fingerprint density at radius 1 is 0.718 bits per heavy atom. The SMILES string of the molecule is C[C@@H](OC(=O)CCCC(=O)Nc1ccc(C(=O)O[C@H](C)C(=O)c2ccccc2)cc1)C(=O)c1cccc(Cl)c1. The third kappa shape index (κ3) is 8.90. The van der Waals surface area contributed by atoms with E-state index in [4.69, 9.17) is 21.1 Å². The van der Waals surface area contributed by atoms with E-state index in [0.29, 0.717) is 21.8 Å². The molecule has 0 heterocycles. The quantitative estimate of drug-likeness (QED) is 0.228. The number of hydrogen-bond donors (Lipinski definition) is 1. The largest absolute Gasteiger partial charge is 0.454 e. The molecule has 0 spiro atoms. The Bertz CT molecular complexity index is 1340. The zero-order chi connectivity index (χ0) is 28.4. The van der Waals surface area contributed by atoms with Crippen molar-refractivity contribution in [2.45, 2.75) is 45.3 Å². The van der Waals surface area contributed by atoms with Crippen molar-refractivity contribution in [1.82, 2.24) is 0 Å². The number of ether oxygens (including phenoxy) is 2. The minimum Gasteiger partial charge on any atom is -0.454 e. The lowest BCUT2D eigenvalue weighted by atomic mass is 10.1. The maximum atomic E-state index is 12.4. The van der Waals surface area contributed by atoms with E-state index in [2.05, 4.69) is 5.32 Å². The van der Waals surface area contributed by atoms with Crippen LogP contribution in [-0.2, 0) is 19.1 Å². The summed E-state index contributed by atoms with van der Waals surface area (Å²) in [6.45, 7) is 2.99. The molecule has 0 aliphatic rings. The third-order valence-corrected chi connectivity index (χ3v) is 5.92. The maximum Gasteiger partial charge on any atom is 0.338 e. The van der Waals surface area contributed by atoms with Crippen LogP contribution < -0.4 is 5.32 Å². The molecule has 202 valence electrons. The number of anilines is 1. The molecule has 8 nitrogen and oxygen atoms in total. The number of benzene rings is 3. The van der Waals surface area contributed by atoms with Crippen LogP contribution in [0.25, 0.3) is 0 Å². The Morgan fingerprint density at radius 3 is 2.00 bits per heavy atom. The third-order valence-electron chi connectivity index (χ3n) is 5.69. The number of carbonyl (C=O) groups excluding carboxylic acids is 5. The molecule has 1 N–H and O–H groups in total. The summed E-state index contributed by atoms with van der Waals surface area (Å²) in [5.41, 5.74) is 1.47. The molecule has 0 fully saturated rings. The average Bonchev–Trinajstić information content (AvgIpc) is 2.92. The van der Waals surface area contributed by atoms with Crippen LogP contribution in [0.1, 0.15) is 64.2 Å².